The van der Waals surface area contributed by atoms with Crippen molar-refractivity contribution in [2.45, 2.75) is 6.42 Å². The van der Waals surface area contributed by atoms with E-state index < -0.39 is 0 Å². The van der Waals surface area contributed by atoms with Gasteiger partial charge in [-0.1, -0.05) is 0 Å². The van der Waals surface area contributed by atoms with E-state index in [1.807, 2.05) is 18.2 Å². The molecule has 0 unspecified atom stereocenters. The van der Waals surface area contributed by atoms with E-state index in [0.717, 1.165) is 23.6 Å². The zero-order valence-electron chi connectivity index (χ0n) is 9.08. The Morgan fingerprint density at radius 2 is 2.00 bits per heavy atom. The molecule has 1 aliphatic heterocycles. The second-order valence-corrected chi connectivity index (χ2v) is 3.82. The van der Waals surface area contributed by atoms with Crippen molar-refractivity contribution in [1.82, 2.24) is 5.32 Å². The van der Waals surface area contributed by atoms with Crippen LogP contribution >= 0.6 is 12.2 Å². The van der Waals surface area contributed by atoms with Gasteiger partial charge in [-0.2, -0.15) is 0 Å². The number of nitrogens with one attached hydrogen (secondary N) is 2. The molecule has 0 fully saturated rings. The van der Waals surface area contributed by atoms with Crippen molar-refractivity contribution in [3.05, 3.63) is 18.2 Å². The fourth-order valence-corrected chi connectivity index (χ4v) is 1.55. The number of thiocarbonyl (C=S) groups is 1. The summed E-state index contributed by atoms with van der Waals surface area (Å²) in [6.45, 7) is 1.39. The normalized spacial score (nSPS) is 13.8. The van der Waals surface area contributed by atoms with Gasteiger partial charge < -0.3 is 20.1 Å². The van der Waals surface area contributed by atoms with E-state index in [4.69, 9.17) is 21.7 Å². The summed E-state index contributed by atoms with van der Waals surface area (Å²) in [5.74, 6) is 1.56. The van der Waals surface area contributed by atoms with Crippen molar-refractivity contribution in [3.63, 3.8) is 0 Å². The highest BCUT2D eigenvalue weighted by Gasteiger charge is 2.10. The number of hydrogen-bond donors (Lipinski definition) is 2. The predicted molar refractivity (Wildman–Crippen MR) is 67.3 cm³/mol. The van der Waals surface area contributed by atoms with Gasteiger partial charge in [-0.15, -0.1) is 0 Å². The first-order valence-corrected chi connectivity index (χ1v) is 5.59. The van der Waals surface area contributed by atoms with Crippen LogP contribution in [0, 0.1) is 0 Å². The van der Waals surface area contributed by atoms with Gasteiger partial charge in [0.25, 0.3) is 0 Å². The maximum atomic E-state index is 5.58. The molecule has 0 atom stereocenters. The van der Waals surface area contributed by atoms with E-state index in [-0.39, 0.29) is 0 Å². The van der Waals surface area contributed by atoms with Crippen LogP contribution < -0.4 is 20.1 Å². The lowest BCUT2D eigenvalue weighted by molar-refractivity contribution is 0.297. The standard InChI is InChI=1S/C11H14N2O2S/c1-12-11(16)13-8-3-4-9-10(7-8)15-6-2-5-14-9/h3-4,7H,2,5-6H2,1H3,(H2,12,13,16). The Labute approximate surface area is 99.9 Å². The number of ether oxygens (including phenoxy) is 2. The molecule has 0 radical (unpaired) electrons. The molecule has 1 heterocycles. The summed E-state index contributed by atoms with van der Waals surface area (Å²) in [5, 5.41) is 6.48. The number of fused-ring (bicyclic) bond motifs is 1. The van der Waals surface area contributed by atoms with Crippen molar-refractivity contribution >= 4 is 23.0 Å². The topological polar surface area (TPSA) is 42.5 Å². The van der Waals surface area contributed by atoms with Crippen molar-refractivity contribution in [1.29, 1.82) is 0 Å². The lowest BCUT2D eigenvalue weighted by atomic mass is 10.3. The fraction of sp³-hybridized carbons (Fsp3) is 0.364. The van der Waals surface area contributed by atoms with Crippen LogP contribution in [0.1, 0.15) is 6.42 Å². The Balaban J connectivity index is 2.17. The van der Waals surface area contributed by atoms with Gasteiger partial charge in [-0.25, -0.2) is 0 Å². The highest BCUT2D eigenvalue weighted by molar-refractivity contribution is 7.80. The highest BCUT2D eigenvalue weighted by atomic mass is 32.1. The van der Waals surface area contributed by atoms with Crippen LogP contribution in [0.25, 0.3) is 0 Å². The summed E-state index contributed by atoms with van der Waals surface area (Å²) in [4.78, 5) is 0. The minimum absolute atomic E-state index is 0.578. The first-order valence-electron chi connectivity index (χ1n) is 5.18. The van der Waals surface area contributed by atoms with Crippen LogP contribution in [0.2, 0.25) is 0 Å². The summed E-state index contributed by atoms with van der Waals surface area (Å²) in [6.07, 6.45) is 0.909. The van der Waals surface area contributed by atoms with Gasteiger partial charge in [-0.05, 0) is 24.4 Å². The van der Waals surface area contributed by atoms with Gasteiger partial charge >= 0.3 is 0 Å². The second kappa shape index (κ2) is 5.03. The number of benzene rings is 1. The van der Waals surface area contributed by atoms with Crippen LogP contribution in [0.15, 0.2) is 18.2 Å². The molecule has 0 aliphatic carbocycles. The highest BCUT2D eigenvalue weighted by Crippen LogP contribution is 2.32. The Kier molecular flexibility index (Phi) is 3.46. The summed E-state index contributed by atoms with van der Waals surface area (Å²) in [5.41, 5.74) is 0.892. The quantitative estimate of drug-likeness (QED) is 0.730. The molecule has 2 rings (SSSR count). The van der Waals surface area contributed by atoms with Crippen LogP contribution in [-0.4, -0.2) is 25.4 Å². The summed E-state index contributed by atoms with van der Waals surface area (Å²) in [7, 11) is 1.78. The first-order chi connectivity index (χ1) is 7.79. The van der Waals surface area contributed by atoms with Gasteiger partial charge in [0.2, 0.25) is 0 Å². The number of rotatable bonds is 1. The van der Waals surface area contributed by atoms with E-state index in [1.165, 1.54) is 0 Å². The lowest BCUT2D eigenvalue weighted by Crippen LogP contribution is -2.24. The Hall–Kier alpha value is -1.49. The van der Waals surface area contributed by atoms with Crippen LogP contribution in [0.4, 0.5) is 5.69 Å². The third kappa shape index (κ3) is 2.55. The Morgan fingerprint density at radius 3 is 2.75 bits per heavy atom. The zero-order valence-corrected chi connectivity index (χ0v) is 9.89. The van der Waals surface area contributed by atoms with Crippen molar-refractivity contribution in [2.24, 2.45) is 0 Å². The van der Waals surface area contributed by atoms with Gasteiger partial charge in [-0.3, -0.25) is 0 Å². The second-order valence-electron chi connectivity index (χ2n) is 3.42. The maximum absolute atomic E-state index is 5.58. The maximum Gasteiger partial charge on any atom is 0.170 e. The number of hydrogen-bond acceptors (Lipinski definition) is 3. The summed E-state index contributed by atoms with van der Waals surface area (Å²) < 4.78 is 11.1. The molecular weight excluding hydrogens is 224 g/mol. The van der Waals surface area contributed by atoms with E-state index >= 15 is 0 Å². The molecule has 2 N–H and O–H groups in total. The van der Waals surface area contributed by atoms with Gasteiger partial charge in [0.15, 0.2) is 16.6 Å². The van der Waals surface area contributed by atoms with E-state index in [2.05, 4.69) is 10.6 Å². The van der Waals surface area contributed by atoms with E-state index in [9.17, 15) is 0 Å². The summed E-state index contributed by atoms with van der Waals surface area (Å²) >= 11 is 5.02. The largest absolute Gasteiger partial charge is 0.490 e. The summed E-state index contributed by atoms with van der Waals surface area (Å²) in [6, 6.07) is 5.70. The first kappa shape index (κ1) is 11.0. The molecule has 0 saturated heterocycles. The molecule has 1 aromatic rings. The van der Waals surface area contributed by atoms with Crippen molar-refractivity contribution in [3.8, 4) is 11.5 Å². The molecule has 0 amide bonds. The molecule has 5 heteroatoms. The van der Waals surface area contributed by atoms with Gasteiger partial charge in [0.1, 0.15) is 0 Å². The molecule has 0 aromatic heterocycles. The lowest BCUT2D eigenvalue weighted by Gasteiger charge is -2.11. The molecular formula is C11H14N2O2S. The van der Waals surface area contributed by atoms with Crippen LogP contribution in [0.5, 0.6) is 11.5 Å². The van der Waals surface area contributed by atoms with E-state index in [1.54, 1.807) is 7.05 Å². The van der Waals surface area contributed by atoms with Crippen LogP contribution in [0.3, 0.4) is 0 Å². The monoisotopic (exact) mass is 238 g/mol. The molecule has 1 aliphatic rings. The van der Waals surface area contributed by atoms with Gasteiger partial charge in [0.05, 0.1) is 13.2 Å². The van der Waals surface area contributed by atoms with Gasteiger partial charge in [0, 0.05) is 25.2 Å². The molecule has 16 heavy (non-hydrogen) atoms. The smallest absolute Gasteiger partial charge is 0.170 e. The molecule has 0 spiro atoms. The average molecular weight is 238 g/mol. The third-order valence-corrected chi connectivity index (χ3v) is 2.54. The van der Waals surface area contributed by atoms with Crippen LogP contribution in [-0.2, 0) is 0 Å². The SMILES string of the molecule is CNC(=S)Nc1ccc2c(c1)OCCCO2. The average Bonchev–Trinajstić information content (AvgIpc) is 2.53. The van der Waals surface area contributed by atoms with Crippen molar-refractivity contribution < 1.29 is 9.47 Å². The molecule has 1 aromatic carbocycles. The molecule has 0 saturated carbocycles. The Morgan fingerprint density at radius 1 is 1.25 bits per heavy atom. The zero-order chi connectivity index (χ0) is 11.4. The number of anilines is 1. The molecule has 86 valence electrons. The molecule has 0 bridgehead atoms. The third-order valence-electron chi connectivity index (χ3n) is 2.23. The Bertz CT molecular complexity index is 396. The van der Waals surface area contributed by atoms with Crippen molar-refractivity contribution in [2.75, 3.05) is 25.6 Å². The van der Waals surface area contributed by atoms with E-state index in [0.29, 0.717) is 18.3 Å². The minimum atomic E-state index is 0.578. The minimum Gasteiger partial charge on any atom is -0.490 e. The fourth-order valence-electron chi connectivity index (χ4n) is 1.43. The molecule has 4 nitrogen and oxygen atoms in total. The predicted octanol–water partition coefficient (Wildman–Crippen LogP) is 1.76.